The summed E-state index contributed by atoms with van der Waals surface area (Å²) in [5.41, 5.74) is 1.17. The monoisotopic (exact) mass is 278 g/mol. The molecule has 17 heavy (non-hydrogen) atoms. The van der Waals surface area contributed by atoms with Gasteiger partial charge in [-0.05, 0) is 19.4 Å². The summed E-state index contributed by atoms with van der Waals surface area (Å²) in [5.74, 6) is 0.542. The van der Waals surface area contributed by atoms with Gasteiger partial charge < -0.3 is 10.1 Å². The van der Waals surface area contributed by atoms with E-state index < -0.39 is 0 Å². The average molecular weight is 279 g/mol. The van der Waals surface area contributed by atoms with Crippen LogP contribution < -0.4 is 5.32 Å². The number of unbranched alkanes of at least 4 members (excludes halogenated alkanes) is 1. The molecule has 5 heteroatoms. The Balaban J connectivity index is 0.00000256. The second-order valence-corrected chi connectivity index (χ2v) is 5.10. The fourth-order valence-electron chi connectivity index (χ4n) is 1.38. The largest absolute Gasteiger partial charge is 0.385 e. The number of methoxy groups -OCH3 is 1. The van der Waals surface area contributed by atoms with Gasteiger partial charge in [0, 0.05) is 31.6 Å². The van der Waals surface area contributed by atoms with Gasteiger partial charge in [0.15, 0.2) is 0 Å². The van der Waals surface area contributed by atoms with Crippen LogP contribution in [0.15, 0.2) is 5.38 Å². The molecule has 1 N–H and O–H groups in total. The highest BCUT2D eigenvalue weighted by molar-refractivity contribution is 7.09. The Hall–Kier alpha value is -0.160. The number of rotatable bonds is 8. The van der Waals surface area contributed by atoms with Crippen LogP contribution in [0.1, 0.15) is 43.3 Å². The molecule has 0 unspecified atom stereocenters. The summed E-state index contributed by atoms with van der Waals surface area (Å²) in [6.45, 7) is 7.14. The van der Waals surface area contributed by atoms with Crippen LogP contribution in [0.25, 0.3) is 0 Å². The van der Waals surface area contributed by atoms with Gasteiger partial charge in [-0.15, -0.1) is 23.7 Å². The summed E-state index contributed by atoms with van der Waals surface area (Å²) in [7, 11) is 1.75. The van der Waals surface area contributed by atoms with Gasteiger partial charge in [-0.3, -0.25) is 0 Å². The van der Waals surface area contributed by atoms with Crippen LogP contribution in [0, 0.1) is 0 Å². The molecule has 0 fully saturated rings. The molecule has 0 aliphatic rings. The average Bonchev–Trinajstić information content (AvgIpc) is 2.72. The third-order valence-corrected chi connectivity index (χ3v) is 3.52. The summed E-state index contributed by atoms with van der Waals surface area (Å²) in [6, 6.07) is 0. The fraction of sp³-hybridized carbons (Fsp3) is 0.750. The molecule has 100 valence electrons. The predicted octanol–water partition coefficient (Wildman–Crippen LogP) is 3.20. The lowest BCUT2D eigenvalue weighted by molar-refractivity contribution is 0.192. The third kappa shape index (κ3) is 6.99. The second-order valence-electron chi connectivity index (χ2n) is 4.21. The van der Waals surface area contributed by atoms with E-state index in [0.29, 0.717) is 5.92 Å². The van der Waals surface area contributed by atoms with Crippen LogP contribution in [-0.2, 0) is 11.3 Å². The van der Waals surface area contributed by atoms with E-state index in [0.717, 1.165) is 32.5 Å². The molecular weight excluding hydrogens is 256 g/mol. The highest BCUT2D eigenvalue weighted by Crippen LogP contribution is 2.18. The first kappa shape index (κ1) is 16.8. The van der Waals surface area contributed by atoms with Crippen molar-refractivity contribution in [2.24, 2.45) is 0 Å². The van der Waals surface area contributed by atoms with Crippen molar-refractivity contribution in [3.63, 3.8) is 0 Å². The first-order valence-corrected chi connectivity index (χ1v) is 6.76. The van der Waals surface area contributed by atoms with Gasteiger partial charge in [-0.2, -0.15) is 0 Å². The first-order valence-electron chi connectivity index (χ1n) is 5.88. The number of hydrogen-bond donors (Lipinski definition) is 1. The van der Waals surface area contributed by atoms with E-state index in [2.05, 4.69) is 29.5 Å². The maximum atomic E-state index is 5.00. The third-order valence-electron chi connectivity index (χ3n) is 2.32. The Morgan fingerprint density at radius 1 is 1.41 bits per heavy atom. The summed E-state index contributed by atoms with van der Waals surface area (Å²) < 4.78 is 5.00. The van der Waals surface area contributed by atoms with Crippen LogP contribution in [0.3, 0.4) is 0 Å². The molecule has 1 aromatic heterocycles. The molecule has 0 bridgehead atoms. The van der Waals surface area contributed by atoms with Gasteiger partial charge >= 0.3 is 0 Å². The molecular formula is C12H23ClN2OS. The van der Waals surface area contributed by atoms with Gasteiger partial charge in [-0.1, -0.05) is 13.8 Å². The number of hydrogen-bond acceptors (Lipinski definition) is 4. The number of nitrogens with zero attached hydrogens (tertiary/aromatic N) is 1. The van der Waals surface area contributed by atoms with Gasteiger partial charge in [0.2, 0.25) is 0 Å². The van der Waals surface area contributed by atoms with Gasteiger partial charge in [-0.25, -0.2) is 4.98 Å². The Labute approximate surface area is 114 Å². The highest BCUT2D eigenvalue weighted by Gasteiger charge is 2.04. The van der Waals surface area contributed by atoms with Gasteiger partial charge in [0.05, 0.1) is 10.7 Å². The Bertz CT molecular complexity index is 292. The van der Waals surface area contributed by atoms with Gasteiger partial charge in [0.1, 0.15) is 0 Å². The first-order chi connectivity index (χ1) is 7.74. The summed E-state index contributed by atoms with van der Waals surface area (Å²) >= 11 is 1.76. The maximum absolute atomic E-state index is 5.00. The quantitative estimate of drug-likeness (QED) is 0.742. The molecule has 0 atom stereocenters. The molecule has 0 saturated heterocycles. The molecule has 0 aliphatic heterocycles. The Morgan fingerprint density at radius 2 is 2.18 bits per heavy atom. The Morgan fingerprint density at radius 3 is 2.76 bits per heavy atom. The molecule has 0 saturated carbocycles. The molecule has 0 aromatic carbocycles. The van der Waals surface area contributed by atoms with E-state index in [9.17, 15) is 0 Å². The highest BCUT2D eigenvalue weighted by atomic mass is 35.5. The number of thiazole rings is 1. The lowest BCUT2D eigenvalue weighted by Crippen LogP contribution is -2.15. The van der Waals surface area contributed by atoms with Crippen molar-refractivity contribution < 1.29 is 4.74 Å². The number of nitrogens with one attached hydrogen (secondary N) is 1. The normalized spacial score (nSPS) is 10.6. The number of aromatic nitrogens is 1. The summed E-state index contributed by atoms with van der Waals surface area (Å²) in [6.07, 6.45) is 2.28. The standard InChI is InChI=1S/C12H22N2OS.ClH/c1-10(2)12-14-11(9-16-12)8-13-6-4-5-7-15-3;/h9-10,13H,4-8H2,1-3H3;1H. The lowest BCUT2D eigenvalue weighted by Gasteiger charge is -2.02. The zero-order valence-corrected chi connectivity index (χ0v) is 12.5. The van der Waals surface area contributed by atoms with Crippen molar-refractivity contribution in [3.8, 4) is 0 Å². The zero-order valence-electron chi connectivity index (χ0n) is 10.9. The van der Waals surface area contributed by atoms with Crippen LogP contribution in [-0.4, -0.2) is 25.2 Å². The molecule has 0 aliphatic carbocycles. The van der Waals surface area contributed by atoms with Crippen LogP contribution in [0.2, 0.25) is 0 Å². The van der Waals surface area contributed by atoms with Crippen LogP contribution in [0.5, 0.6) is 0 Å². The van der Waals surface area contributed by atoms with Crippen molar-refractivity contribution >= 4 is 23.7 Å². The van der Waals surface area contributed by atoms with E-state index in [1.54, 1.807) is 18.4 Å². The summed E-state index contributed by atoms with van der Waals surface area (Å²) in [4.78, 5) is 4.58. The van der Waals surface area contributed by atoms with Crippen LogP contribution in [0.4, 0.5) is 0 Å². The Kier molecular flexibility index (Phi) is 9.74. The molecule has 0 spiro atoms. The van der Waals surface area contributed by atoms with Crippen molar-refractivity contribution in [2.75, 3.05) is 20.3 Å². The van der Waals surface area contributed by atoms with Crippen molar-refractivity contribution in [1.29, 1.82) is 0 Å². The second kappa shape index (κ2) is 9.83. The maximum Gasteiger partial charge on any atom is 0.0954 e. The molecule has 1 rings (SSSR count). The minimum atomic E-state index is 0. The zero-order chi connectivity index (χ0) is 11.8. The molecule has 1 aromatic rings. The minimum absolute atomic E-state index is 0. The number of halogens is 1. The van der Waals surface area contributed by atoms with E-state index >= 15 is 0 Å². The van der Waals surface area contributed by atoms with E-state index in [4.69, 9.17) is 4.74 Å². The summed E-state index contributed by atoms with van der Waals surface area (Å²) in [5, 5.41) is 6.78. The predicted molar refractivity (Wildman–Crippen MR) is 76.3 cm³/mol. The molecule has 0 amide bonds. The van der Waals surface area contributed by atoms with Crippen molar-refractivity contribution in [2.45, 2.75) is 39.2 Å². The fourth-order valence-corrected chi connectivity index (χ4v) is 2.22. The van der Waals surface area contributed by atoms with E-state index in [1.165, 1.54) is 10.7 Å². The molecule has 0 radical (unpaired) electrons. The lowest BCUT2D eigenvalue weighted by atomic mass is 10.2. The van der Waals surface area contributed by atoms with E-state index in [1.807, 2.05) is 0 Å². The van der Waals surface area contributed by atoms with Crippen LogP contribution >= 0.6 is 23.7 Å². The SMILES string of the molecule is COCCCCNCc1csc(C(C)C)n1.Cl. The van der Waals surface area contributed by atoms with E-state index in [-0.39, 0.29) is 12.4 Å². The van der Waals surface area contributed by atoms with Crippen molar-refractivity contribution in [3.05, 3.63) is 16.1 Å². The number of ether oxygens (including phenoxy) is 1. The van der Waals surface area contributed by atoms with Crippen molar-refractivity contribution in [1.82, 2.24) is 10.3 Å². The molecule has 1 heterocycles. The smallest absolute Gasteiger partial charge is 0.0954 e. The molecule has 3 nitrogen and oxygen atoms in total. The van der Waals surface area contributed by atoms with Gasteiger partial charge in [0.25, 0.3) is 0 Å². The topological polar surface area (TPSA) is 34.1 Å². The minimum Gasteiger partial charge on any atom is -0.385 e.